The second kappa shape index (κ2) is 14.1. The number of hydrogen-bond acceptors (Lipinski definition) is 4. The molecule has 6 aromatic carbocycles. The molecule has 2 heterocycles. The second-order valence-corrected chi connectivity index (χ2v) is 11.9. The summed E-state index contributed by atoms with van der Waals surface area (Å²) in [7, 11) is 0. The van der Waals surface area contributed by atoms with E-state index < -0.39 is 0 Å². The number of pyridine rings is 2. The van der Waals surface area contributed by atoms with Crippen molar-refractivity contribution in [3.8, 4) is 33.4 Å². The fourth-order valence-corrected chi connectivity index (χ4v) is 6.50. The number of para-hydroxylation sites is 4. The Morgan fingerprint density at radius 1 is 0.260 bits per heavy atom. The molecule has 0 radical (unpaired) electrons. The van der Waals surface area contributed by atoms with Crippen LogP contribution in [0, 0.1) is 0 Å². The lowest BCUT2D eigenvalue weighted by atomic mass is 9.92. The first-order chi connectivity index (χ1) is 24.8. The van der Waals surface area contributed by atoms with Gasteiger partial charge in [0, 0.05) is 70.0 Å². The minimum absolute atomic E-state index is 1.03. The van der Waals surface area contributed by atoms with Crippen molar-refractivity contribution < 1.29 is 0 Å². The van der Waals surface area contributed by atoms with Crippen LogP contribution in [-0.2, 0) is 0 Å². The van der Waals surface area contributed by atoms with E-state index in [9.17, 15) is 0 Å². The zero-order valence-electron chi connectivity index (χ0n) is 27.4. The number of nitrogens with zero attached hydrogens (tertiary/aromatic N) is 4. The Morgan fingerprint density at radius 2 is 0.540 bits per heavy atom. The molecule has 8 rings (SSSR count). The Bertz CT molecular complexity index is 2040. The molecule has 2 aromatic heterocycles. The minimum atomic E-state index is 1.03. The van der Waals surface area contributed by atoms with Crippen molar-refractivity contribution in [1.29, 1.82) is 0 Å². The molecule has 8 aromatic rings. The van der Waals surface area contributed by atoms with Crippen molar-refractivity contribution in [2.24, 2.45) is 0 Å². The molecule has 50 heavy (non-hydrogen) atoms. The Kier molecular flexibility index (Phi) is 8.64. The van der Waals surface area contributed by atoms with Crippen LogP contribution in [-0.4, -0.2) is 9.97 Å². The van der Waals surface area contributed by atoms with Crippen LogP contribution in [0.4, 0.5) is 34.1 Å². The van der Waals surface area contributed by atoms with Crippen LogP contribution in [0.2, 0.25) is 0 Å². The lowest BCUT2D eigenvalue weighted by Crippen LogP contribution is -2.09. The zero-order chi connectivity index (χ0) is 33.5. The largest absolute Gasteiger partial charge is 0.311 e. The van der Waals surface area contributed by atoms with Gasteiger partial charge in [-0.3, -0.25) is 9.97 Å². The van der Waals surface area contributed by atoms with E-state index in [0.717, 1.165) is 67.5 Å². The van der Waals surface area contributed by atoms with Gasteiger partial charge in [-0.15, -0.1) is 0 Å². The summed E-state index contributed by atoms with van der Waals surface area (Å²) in [5.74, 6) is 0. The van der Waals surface area contributed by atoms with E-state index in [4.69, 9.17) is 0 Å². The van der Waals surface area contributed by atoms with Crippen LogP contribution in [0.25, 0.3) is 33.4 Å². The van der Waals surface area contributed by atoms with Crippen LogP contribution in [0.15, 0.2) is 207 Å². The van der Waals surface area contributed by atoms with Gasteiger partial charge in [-0.25, -0.2) is 0 Å². The molecule has 0 saturated heterocycles. The summed E-state index contributed by atoms with van der Waals surface area (Å²) >= 11 is 0. The van der Waals surface area contributed by atoms with E-state index >= 15 is 0 Å². The predicted octanol–water partition coefficient (Wildman–Crippen LogP) is 12.4. The monoisotopic (exact) mass is 642 g/mol. The van der Waals surface area contributed by atoms with E-state index in [1.807, 2.05) is 49.1 Å². The standard InChI is InChI=1S/C46H34N4/c1-5-13-37(14-6-1)49(38-15-7-2-8-16-38)41-25-21-35(22-26-41)43-29-31-47-33-45(43)46-34-48-32-30-44(46)36-23-27-42(28-24-36)50(39-17-9-3-10-18-39)40-19-11-4-12-20-40/h1-34H. The van der Waals surface area contributed by atoms with Crippen molar-refractivity contribution in [3.05, 3.63) is 207 Å². The smallest absolute Gasteiger partial charge is 0.0462 e. The molecule has 0 fully saturated rings. The lowest BCUT2D eigenvalue weighted by Gasteiger charge is -2.26. The number of aromatic nitrogens is 2. The summed E-state index contributed by atoms with van der Waals surface area (Å²) in [5, 5.41) is 0. The maximum atomic E-state index is 4.57. The molecule has 0 aliphatic rings. The highest BCUT2D eigenvalue weighted by Crippen LogP contribution is 2.41. The van der Waals surface area contributed by atoms with Gasteiger partial charge in [-0.05, 0) is 107 Å². The molecular formula is C46H34N4. The molecule has 0 N–H and O–H groups in total. The second-order valence-electron chi connectivity index (χ2n) is 11.9. The van der Waals surface area contributed by atoms with Crippen LogP contribution in [0.3, 0.4) is 0 Å². The summed E-state index contributed by atoms with van der Waals surface area (Å²) in [6.45, 7) is 0. The topological polar surface area (TPSA) is 32.3 Å². The van der Waals surface area contributed by atoms with Crippen LogP contribution in [0.1, 0.15) is 0 Å². The average molecular weight is 643 g/mol. The van der Waals surface area contributed by atoms with Gasteiger partial charge in [-0.2, -0.15) is 0 Å². The Morgan fingerprint density at radius 3 is 0.840 bits per heavy atom. The van der Waals surface area contributed by atoms with Gasteiger partial charge in [0.25, 0.3) is 0 Å². The Labute approximate surface area is 293 Å². The maximum absolute atomic E-state index is 4.57. The number of hydrogen-bond donors (Lipinski definition) is 0. The molecule has 4 heteroatoms. The molecule has 0 aliphatic carbocycles. The van der Waals surface area contributed by atoms with Gasteiger partial charge in [0.1, 0.15) is 0 Å². The summed E-state index contributed by atoms with van der Waals surface area (Å²) < 4.78 is 0. The van der Waals surface area contributed by atoms with E-state index in [2.05, 4.69) is 177 Å². The fourth-order valence-electron chi connectivity index (χ4n) is 6.50. The van der Waals surface area contributed by atoms with Gasteiger partial charge < -0.3 is 9.80 Å². The molecule has 0 spiro atoms. The molecule has 0 amide bonds. The number of rotatable bonds is 9. The number of benzene rings is 6. The molecule has 0 bridgehead atoms. The van der Waals surface area contributed by atoms with E-state index in [-0.39, 0.29) is 0 Å². The van der Waals surface area contributed by atoms with E-state index in [0.29, 0.717) is 0 Å². The first-order valence-electron chi connectivity index (χ1n) is 16.7. The third kappa shape index (κ3) is 6.26. The van der Waals surface area contributed by atoms with Gasteiger partial charge >= 0.3 is 0 Å². The molecule has 0 atom stereocenters. The highest BCUT2D eigenvalue weighted by Gasteiger charge is 2.17. The summed E-state index contributed by atoms with van der Waals surface area (Å²) in [5.41, 5.74) is 13.1. The van der Waals surface area contributed by atoms with E-state index in [1.54, 1.807) is 0 Å². The van der Waals surface area contributed by atoms with Gasteiger partial charge in [0.2, 0.25) is 0 Å². The van der Waals surface area contributed by atoms with E-state index in [1.165, 1.54) is 0 Å². The molecular weight excluding hydrogens is 609 g/mol. The highest BCUT2D eigenvalue weighted by molar-refractivity contribution is 5.92. The Hall–Kier alpha value is -6.78. The van der Waals surface area contributed by atoms with Crippen molar-refractivity contribution in [2.45, 2.75) is 0 Å². The first-order valence-corrected chi connectivity index (χ1v) is 16.7. The van der Waals surface area contributed by atoms with Crippen LogP contribution < -0.4 is 9.80 Å². The number of anilines is 6. The average Bonchev–Trinajstić information content (AvgIpc) is 3.20. The summed E-state index contributed by atoms with van der Waals surface area (Å²) in [6.07, 6.45) is 7.62. The fraction of sp³-hybridized carbons (Fsp3) is 0. The quantitative estimate of drug-likeness (QED) is 0.157. The lowest BCUT2D eigenvalue weighted by molar-refractivity contribution is 1.28. The van der Waals surface area contributed by atoms with Crippen molar-refractivity contribution in [1.82, 2.24) is 9.97 Å². The van der Waals surface area contributed by atoms with Crippen LogP contribution in [0.5, 0.6) is 0 Å². The molecule has 238 valence electrons. The Balaban J connectivity index is 1.14. The molecule has 0 saturated carbocycles. The molecule has 0 unspecified atom stereocenters. The molecule has 4 nitrogen and oxygen atoms in total. The highest BCUT2D eigenvalue weighted by atomic mass is 15.1. The van der Waals surface area contributed by atoms with Gasteiger partial charge in [0.05, 0.1) is 0 Å². The third-order valence-corrected chi connectivity index (χ3v) is 8.86. The molecule has 0 aliphatic heterocycles. The minimum Gasteiger partial charge on any atom is -0.311 e. The first kappa shape index (κ1) is 30.5. The van der Waals surface area contributed by atoms with Gasteiger partial charge in [0.15, 0.2) is 0 Å². The third-order valence-electron chi connectivity index (χ3n) is 8.86. The van der Waals surface area contributed by atoms with Crippen molar-refractivity contribution >= 4 is 34.1 Å². The predicted molar refractivity (Wildman–Crippen MR) is 208 cm³/mol. The maximum Gasteiger partial charge on any atom is 0.0462 e. The SMILES string of the molecule is c1ccc(N(c2ccccc2)c2ccc(-c3ccncc3-c3cnccc3-c3ccc(N(c4ccccc4)c4ccccc4)cc3)cc2)cc1. The van der Waals surface area contributed by atoms with Crippen LogP contribution >= 0.6 is 0 Å². The normalized spacial score (nSPS) is 10.8. The summed E-state index contributed by atoms with van der Waals surface area (Å²) in [4.78, 5) is 13.7. The van der Waals surface area contributed by atoms with Gasteiger partial charge in [-0.1, -0.05) is 97.1 Å². The zero-order valence-corrected chi connectivity index (χ0v) is 27.4. The van der Waals surface area contributed by atoms with Crippen molar-refractivity contribution in [3.63, 3.8) is 0 Å². The summed E-state index contributed by atoms with van der Waals surface area (Å²) in [6, 6.07) is 63.6. The van der Waals surface area contributed by atoms with Crippen molar-refractivity contribution in [2.75, 3.05) is 9.80 Å².